The van der Waals surface area contributed by atoms with Crippen LogP contribution in [0.25, 0.3) is 0 Å². The maximum atomic E-state index is 14.5. The molecule has 4 heterocycles. The molecule has 6 rings (SSSR count). The van der Waals surface area contributed by atoms with Crippen molar-refractivity contribution >= 4 is 16.9 Å². The van der Waals surface area contributed by atoms with Gasteiger partial charge in [0.25, 0.3) is 5.91 Å². The lowest BCUT2D eigenvalue weighted by Gasteiger charge is -2.54. The summed E-state index contributed by atoms with van der Waals surface area (Å²) in [6.07, 6.45) is 3.34. The summed E-state index contributed by atoms with van der Waals surface area (Å²) in [7, 11) is -1.61. The van der Waals surface area contributed by atoms with Crippen LogP contribution in [0.1, 0.15) is 60.0 Å². The van der Waals surface area contributed by atoms with Crippen molar-refractivity contribution in [2.75, 3.05) is 45.8 Å². The third-order valence-electron chi connectivity index (χ3n) is 10.1. The molecule has 3 fully saturated rings. The summed E-state index contributed by atoms with van der Waals surface area (Å²) in [5, 5.41) is 0. The van der Waals surface area contributed by atoms with Crippen molar-refractivity contribution in [3.05, 3.63) is 89.3 Å². The minimum Gasteiger partial charge on any atom is -0.338 e. The first kappa shape index (κ1) is 31.0. The summed E-state index contributed by atoms with van der Waals surface area (Å²) in [6, 6.07) is 17.0. The van der Waals surface area contributed by atoms with Gasteiger partial charge in [-0.25, -0.2) is 14.4 Å². The van der Waals surface area contributed by atoms with E-state index >= 15 is 0 Å². The molecule has 1 amide bonds. The Morgan fingerprint density at radius 2 is 1.64 bits per heavy atom. The smallest absolute Gasteiger partial charge is 0.257 e. The van der Waals surface area contributed by atoms with Crippen molar-refractivity contribution in [2.45, 2.75) is 63.1 Å². The average molecular weight is 620 g/mol. The SMILES string of the molecule is Cc1ncnc(C)c1C(=O)N1CCC(C)(N2CCN(C(c3cccc(F)c3)C3CN([SH+](=O)c4ccccc4)C3)[C@@H](C)C2)CC1. The fourth-order valence-electron chi connectivity index (χ4n) is 7.42. The number of piperazine rings is 1. The molecule has 0 bridgehead atoms. The molecule has 10 heteroatoms. The Kier molecular flexibility index (Phi) is 8.97. The number of thiol groups is 1. The summed E-state index contributed by atoms with van der Waals surface area (Å²) in [6.45, 7) is 13.9. The first-order chi connectivity index (χ1) is 21.1. The lowest BCUT2D eigenvalue weighted by molar-refractivity contribution is -0.0488. The quantitative estimate of drug-likeness (QED) is 0.285. The Balaban J connectivity index is 1.12. The molecule has 0 radical (unpaired) electrons. The Morgan fingerprint density at radius 1 is 0.955 bits per heavy atom. The zero-order chi connectivity index (χ0) is 31.0. The minimum atomic E-state index is -1.61. The normalized spacial score (nSPS) is 23.2. The Hall–Kier alpha value is -3.05. The van der Waals surface area contributed by atoms with Gasteiger partial charge in [-0.1, -0.05) is 34.5 Å². The van der Waals surface area contributed by atoms with Gasteiger partial charge in [0.2, 0.25) is 0 Å². The maximum absolute atomic E-state index is 14.5. The molecule has 8 nitrogen and oxygen atoms in total. The van der Waals surface area contributed by atoms with E-state index in [-0.39, 0.29) is 35.3 Å². The number of carbonyl (C=O) groups excluding carboxylic acids is 1. The number of hydrogen-bond donors (Lipinski definition) is 0. The van der Waals surface area contributed by atoms with Crippen LogP contribution in [0.2, 0.25) is 0 Å². The van der Waals surface area contributed by atoms with Crippen molar-refractivity contribution in [1.82, 2.24) is 29.0 Å². The summed E-state index contributed by atoms with van der Waals surface area (Å²) in [5.74, 6) is 0.0844. The highest BCUT2D eigenvalue weighted by Gasteiger charge is 2.47. The molecule has 0 spiro atoms. The zero-order valence-electron chi connectivity index (χ0n) is 26.2. The Morgan fingerprint density at radius 3 is 2.27 bits per heavy atom. The first-order valence-corrected chi connectivity index (χ1v) is 17.0. The van der Waals surface area contributed by atoms with Crippen molar-refractivity contribution in [2.24, 2.45) is 5.92 Å². The van der Waals surface area contributed by atoms with Gasteiger partial charge in [0.05, 0.1) is 30.0 Å². The topological polar surface area (TPSA) is 72.9 Å². The summed E-state index contributed by atoms with van der Waals surface area (Å²) >= 11 is 0. The van der Waals surface area contributed by atoms with E-state index in [2.05, 4.69) is 37.9 Å². The highest BCUT2D eigenvalue weighted by Crippen LogP contribution is 2.40. The monoisotopic (exact) mass is 619 g/mol. The number of likely N-dealkylation sites (tertiary alicyclic amines) is 1. The largest absolute Gasteiger partial charge is 0.338 e. The molecule has 3 atom stereocenters. The van der Waals surface area contributed by atoms with E-state index in [1.807, 2.05) is 55.1 Å². The van der Waals surface area contributed by atoms with Crippen LogP contribution in [0.15, 0.2) is 65.8 Å². The number of aryl methyl sites for hydroxylation is 2. The fourth-order valence-corrected chi connectivity index (χ4v) is 8.89. The molecule has 3 aromatic rings. The second-order valence-corrected chi connectivity index (χ2v) is 14.6. The number of halogens is 1. The van der Waals surface area contributed by atoms with Gasteiger partial charge in [0, 0.05) is 56.3 Å². The van der Waals surface area contributed by atoms with Gasteiger partial charge in [-0.3, -0.25) is 14.6 Å². The predicted molar refractivity (Wildman–Crippen MR) is 171 cm³/mol. The number of rotatable bonds is 7. The molecule has 2 aromatic carbocycles. The zero-order valence-corrected chi connectivity index (χ0v) is 27.1. The predicted octanol–water partition coefficient (Wildman–Crippen LogP) is 4.58. The minimum absolute atomic E-state index is 0.00407. The molecule has 1 aromatic heterocycles. The van der Waals surface area contributed by atoms with Crippen LogP contribution in [-0.4, -0.2) is 92.3 Å². The highest BCUT2D eigenvalue weighted by molar-refractivity contribution is 7.82. The molecule has 0 saturated carbocycles. The molecule has 3 aliphatic rings. The van der Waals surface area contributed by atoms with E-state index in [4.69, 9.17) is 0 Å². The second-order valence-electron chi connectivity index (χ2n) is 13.0. The van der Waals surface area contributed by atoms with E-state index in [0.29, 0.717) is 18.7 Å². The number of amides is 1. The molecular weight excluding hydrogens is 575 g/mol. The first-order valence-electron chi connectivity index (χ1n) is 15.8. The maximum Gasteiger partial charge on any atom is 0.257 e. The molecule has 3 aliphatic heterocycles. The summed E-state index contributed by atoms with van der Waals surface area (Å²) < 4.78 is 29.8. The number of hydrogen-bond acceptors (Lipinski definition) is 6. The van der Waals surface area contributed by atoms with E-state index in [1.54, 1.807) is 12.1 Å². The van der Waals surface area contributed by atoms with E-state index < -0.39 is 11.0 Å². The number of benzene rings is 2. The number of carbonyl (C=O) groups is 1. The van der Waals surface area contributed by atoms with Crippen LogP contribution in [-0.2, 0) is 15.2 Å². The van der Waals surface area contributed by atoms with Gasteiger partial charge < -0.3 is 4.90 Å². The van der Waals surface area contributed by atoms with Crippen LogP contribution < -0.4 is 0 Å². The lowest BCUT2D eigenvalue weighted by Crippen LogP contribution is -2.64. The van der Waals surface area contributed by atoms with Crippen LogP contribution in [0.3, 0.4) is 0 Å². The summed E-state index contributed by atoms with van der Waals surface area (Å²) in [5.41, 5.74) is 3.10. The molecular formula is C34H44FN6O2S+. The van der Waals surface area contributed by atoms with Gasteiger partial charge in [0.15, 0.2) is 15.9 Å². The number of piperidine rings is 1. The van der Waals surface area contributed by atoms with E-state index in [1.165, 1.54) is 12.4 Å². The molecule has 0 aliphatic carbocycles. The van der Waals surface area contributed by atoms with E-state index in [9.17, 15) is 13.4 Å². The molecule has 234 valence electrons. The van der Waals surface area contributed by atoms with Gasteiger partial charge in [-0.2, -0.15) is 0 Å². The Labute approximate surface area is 262 Å². The lowest BCUT2D eigenvalue weighted by atomic mass is 9.84. The highest BCUT2D eigenvalue weighted by atomic mass is 32.2. The van der Waals surface area contributed by atoms with Crippen molar-refractivity contribution in [3.8, 4) is 0 Å². The average Bonchev–Trinajstić information content (AvgIpc) is 2.99. The van der Waals surface area contributed by atoms with Crippen molar-refractivity contribution in [3.63, 3.8) is 0 Å². The summed E-state index contributed by atoms with van der Waals surface area (Å²) in [4.78, 5) is 29.9. The standard InChI is InChI=1S/C34H43FN6O2S/c1-24-20-39(34(4)13-15-38(16-14-34)33(42)31-25(2)36-23-37-26(31)3)17-18-41(24)32(27-9-8-10-29(35)19-27)28-21-40(22-28)44(43)30-11-6-5-7-12-30/h5-12,19,23-24,28,32H,13-18,20-22H2,1-4H3/p+1/t24-,32?,44?/m0/s1. The third-order valence-corrected chi connectivity index (χ3v) is 11.7. The Bertz CT molecular complexity index is 1490. The third kappa shape index (κ3) is 6.09. The van der Waals surface area contributed by atoms with Gasteiger partial charge in [-0.05, 0) is 70.4 Å². The van der Waals surface area contributed by atoms with Gasteiger partial charge >= 0.3 is 0 Å². The molecule has 3 saturated heterocycles. The van der Waals surface area contributed by atoms with Crippen molar-refractivity contribution in [1.29, 1.82) is 0 Å². The van der Waals surface area contributed by atoms with E-state index in [0.717, 1.165) is 67.4 Å². The van der Waals surface area contributed by atoms with Crippen molar-refractivity contribution < 1.29 is 13.4 Å². The molecule has 44 heavy (non-hydrogen) atoms. The fraction of sp³-hybridized carbons (Fsp3) is 0.500. The molecule has 2 unspecified atom stereocenters. The second kappa shape index (κ2) is 12.7. The van der Waals surface area contributed by atoms with Crippen LogP contribution in [0.5, 0.6) is 0 Å². The van der Waals surface area contributed by atoms with Crippen LogP contribution >= 0.6 is 0 Å². The molecule has 0 N–H and O–H groups in total. The van der Waals surface area contributed by atoms with Crippen LogP contribution in [0, 0.1) is 25.6 Å². The van der Waals surface area contributed by atoms with Gasteiger partial charge in [0.1, 0.15) is 12.1 Å². The van der Waals surface area contributed by atoms with Crippen LogP contribution in [0.4, 0.5) is 4.39 Å². The number of aromatic nitrogens is 2. The number of nitrogens with zero attached hydrogens (tertiary/aromatic N) is 6. The van der Waals surface area contributed by atoms with Gasteiger partial charge in [-0.15, -0.1) is 4.31 Å².